The molecule has 0 aliphatic carbocycles. The van der Waals surface area contributed by atoms with Crippen LogP contribution in [-0.2, 0) is 6.54 Å². The molecular formula is C14H15FN2O. The summed E-state index contributed by atoms with van der Waals surface area (Å²) in [6.07, 6.45) is 0. The van der Waals surface area contributed by atoms with Crippen molar-refractivity contribution in [2.75, 3.05) is 0 Å². The monoisotopic (exact) mass is 246 g/mol. The number of aryl methyl sites for hydroxylation is 2. The molecule has 0 unspecified atom stereocenters. The van der Waals surface area contributed by atoms with E-state index < -0.39 is 0 Å². The summed E-state index contributed by atoms with van der Waals surface area (Å²) in [6.45, 7) is 3.97. The zero-order valence-electron chi connectivity index (χ0n) is 10.4. The molecule has 3 nitrogen and oxygen atoms in total. The molecule has 2 rings (SSSR count). The lowest BCUT2D eigenvalue weighted by atomic mass is 10.2. The van der Waals surface area contributed by atoms with Gasteiger partial charge in [-0.3, -0.25) is 0 Å². The lowest BCUT2D eigenvalue weighted by molar-refractivity contribution is 0.424. The second-order valence-corrected chi connectivity index (χ2v) is 4.09. The fourth-order valence-electron chi connectivity index (χ4n) is 1.65. The first kappa shape index (κ1) is 12.5. The van der Waals surface area contributed by atoms with Crippen LogP contribution in [0.1, 0.15) is 16.8 Å². The largest absolute Gasteiger partial charge is 0.436 e. The predicted octanol–water partition coefficient (Wildman–Crippen LogP) is 3.09. The molecule has 2 N–H and O–H groups in total. The summed E-state index contributed by atoms with van der Waals surface area (Å²) in [4.78, 5) is 4.24. The Kier molecular flexibility index (Phi) is 3.58. The summed E-state index contributed by atoms with van der Waals surface area (Å²) >= 11 is 0. The average Bonchev–Trinajstić information content (AvgIpc) is 2.35. The van der Waals surface area contributed by atoms with Crippen molar-refractivity contribution >= 4 is 0 Å². The number of aromatic nitrogens is 1. The minimum absolute atomic E-state index is 0.183. The average molecular weight is 246 g/mol. The molecule has 1 aromatic heterocycles. The fourth-order valence-corrected chi connectivity index (χ4v) is 1.65. The number of ether oxygens (including phenoxy) is 1. The first-order chi connectivity index (χ1) is 8.61. The lowest BCUT2D eigenvalue weighted by Crippen LogP contribution is -2.02. The number of rotatable bonds is 3. The number of halogens is 1. The molecule has 0 radical (unpaired) electrons. The van der Waals surface area contributed by atoms with Crippen LogP contribution in [0.3, 0.4) is 0 Å². The Morgan fingerprint density at radius 3 is 2.67 bits per heavy atom. The molecule has 2 aromatic rings. The molecule has 0 aliphatic rings. The second-order valence-electron chi connectivity index (χ2n) is 4.09. The highest BCUT2D eigenvalue weighted by molar-refractivity contribution is 5.34. The summed E-state index contributed by atoms with van der Waals surface area (Å²) < 4.78 is 19.2. The van der Waals surface area contributed by atoms with Gasteiger partial charge in [0, 0.05) is 18.3 Å². The summed E-state index contributed by atoms with van der Waals surface area (Å²) in [7, 11) is 0. The third kappa shape index (κ3) is 2.49. The van der Waals surface area contributed by atoms with Crippen molar-refractivity contribution in [3.8, 4) is 11.6 Å². The first-order valence-electron chi connectivity index (χ1n) is 5.71. The van der Waals surface area contributed by atoms with Gasteiger partial charge in [0.15, 0.2) is 11.6 Å². The van der Waals surface area contributed by atoms with Gasteiger partial charge >= 0.3 is 0 Å². The molecule has 0 amide bonds. The Labute approximate surface area is 105 Å². The van der Waals surface area contributed by atoms with Gasteiger partial charge in [0.2, 0.25) is 5.88 Å². The molecule has 0 bridgehead atoms. The number of nitrogens with zero attached hydrogens (tertiary/aromatic N) is 1. The van der Waals surface area contributed by atoms with Crippen LogP contribution in [0.25, 0.3) is 0 Å². The van der Waals surface area contributed by atoms with E-state index in [4.69, 9.17) is 10.5 Å². The highest BCUT2D eigenvalue weighted by Crippen LogP contribution is 2.25. The molecule has 0 aliphatic heterocycles. The Balaban J connectivity index is 2.29. The molecule has 0 spiro atoms. The Bertz CT molecular complexity index is 570. The van der Waals surface area contributed by atoms with E-state index in [-0.39, 0.29) is 11.6 Å². The Morgan fingerprint density at radius 1 is 1.22 bits per heavy atom. The van der Waals surface area contributed by atoms with Crippen molar-refractivity contribution < 1.29 is 9.13 Å². The molecule has 0 saturated heterocycles. The number of pyridine rings is 1. The quantitative estimate of drug-likeness (QED) is 0.905. The van der Waals surface area contributed by atoms with Crippen LogP contribution < -0.4 is 10.5 Å². The Morgan fingerprint density at radius 2 is 2.00 bits per heavy atom. The molecule has 94 valence electrons. The van der Waals surface area contributed by atoms with Crippen molar-refractivity contribution in [3.63, 3.8) is 0 Å². The van der Waals surface area contributed by atoms with Gasteiger partial charge in [-0.2, -0.15) is 0 Å². The smallest absolute Gasteiger partial charge is 0.219 e. The topological polar surface area (TPSA) is 48.1 Å². The van der Waals surface area contributed by atoms with E-state index in [1.165, 1.54) is 0 Å². The van der Waals surface area contributed by atoms with Gasteiger partial charge in [-0.25, -0.2) is 9.37 Å². The maximum atomic E-state index is 13.8. The predicted molar refractivity (Wildman–Crippen MR) is 68.1 cm³/mol. The van der Waals surface area contributed by atoms with Crippen LogP contribution >= 0.6 is 0 Å². The molecule has 0 atom stereocenters. The number of benzene rings is 1. The van der Waals surface area contributed by atoms with E-state index >= 15 is 0 Å². The van der Waals surface area contributed by atoms with Gasteiger partial charge in [0.05, 0.1) is 0 Å². The lowest BCUT2D eigenvalue weighted by Gasteiger charge is -2.09. The molecular weight excluding hydrogens is 231 g/mol. The van der Waals surface area contributed by atoms with E-state index in [9.17, 15) is 4.39 Å². The summed E-state index contributed by atoms with van der Waals surface area (Å²) in [5.41, 5.74) is 7.85. The van der Waals surface area contributed by atoms with Crippen molar-refractivity contribution in [1.82, 2.24) is 4.98 Å². The SMILES string of the molecule is Cc1cccc(Oc2ccc(CN)c(C)n2)c1F. The minimum atomic E-state index is -0.361. The summed E-state index contributed by atoms with van der Waals surface area (Å²) in [5.74, 6) is 0.191. The van der Waals surface area contributed by atoms with Gasteiger partial charge in [0.1, 0.15) is 0 Å². The van der Waals surface area contributed by atoms with Gasteiger partial charge in [-0.15, -0.1) is 0 Å². The highest BCUT2D eigenvalue weighted by Gasteiger charge is 2.08. The van der Waals surface area contributed by atoms with Crippen LogP contribution in [0.15, 0.2) is 30.3 Å². The van der Waals surface area contributed by atoms with Crippen LogP contribution in [0.4, 0.5) is 4.39 Å². The van der Waals surface area contributed by atoms with Crippen molar-refractivity contribution in [2.45, 2.75) is 20.4 Å². The van der Waals surface area contributed by atoms with Crippen LogP contribution in [0, 0.1) is 19.7 Å². The zero-order valence-corrected chi connectivity index (χ0v) is 10.4. The van der Waals surface area contributed by atoms with Crippen LogP contribution in [0.2, 0.25) is 0 Å². The number of hydrogen-bond donors (Lipinski definition) is 1. The first-order valence-corrected chi connectivity index (χ1v) is 5.71. The maximum absolute atomic E-state index is 13.8. The molecule has 4 heteroatoms. The summed E-state index contributed by atoms with van der Waals surface area (Å²) in [6, 6.07) is 8.55. The fraction of sp³-hybridized carbons (Fsp3) is 0.214. The third-order valence-corrected chi connectivity index (χ3v) is 2.76. The maximum Gasteiger partial charge on any atom is 0.219 e. The van der Waals surface area contributed by atoms with E-state index in [1.54, 1.807) is 31.2 Å². The third-order valence-electron chi connectivity index (χ3n) is 2.76. The molecule has 0 fully saturated rings. The van der Waals surface area contributed by atoms with Gasteiger partial charge in [-0.05, 0) is 31.0 Å². The summed E-state index contributed by atoms with van der Waals surface area (Å²) in [5, 5.41) is 0. The normalized spacial score (nSPS) is 10.4. The molecule has 1 heterocycles. The van der Waals surface area contributed by atoms with Gasteiger partial charge in [0.25, 0.3) is 0 Å². The Hall–Kier alpha value is -1.94. The molecule has 1 aromatic carbocycles. The minimum Gasteiger partial charge on any atom is -0.436 e. The molecule has 18 heavy (non-hydrogen) atoms. The van der Waals surface area contributed by atoms with E-state index in [0.29, 0.717) is 18.0 Å². The van der Waals surface area contributed by atoms with Gasteiger partial charge < -0.3 is 10.5 Å². The van der Waals surface area contributed by atoms with Crippen LogP contribution in [0.5, 0.6) is 11.6 Å². The highest BCUT2D eigenvalue weighted by atomic mass is 19.1. The van der Waals surface area contributed by atoms with E-state index in [0.717, 1.165) is 11.3 Å². The van der Waals surface area contributed by atoms with E-state index in [1.807, 2.05) is 13.0 Å². The van der Waals surface area contributed by atoms with Crippen molar-refractivity contribution in [2.24, 2.45) is 5.73 Å². The van der Waals surface area contributed by atoms with Gasteiger partial charge in [-0.1, -0.05) is 18.2 Å². The van der Waals surface area contributed by atoms with Crippen molar-refractivity contribution in [1.29, 1.82) is 0 Å². The number of hydrogen-bond acceptors (Lipinski definition) is 3. The number of nitrogens with two attached hydrogens (primary N) is 1. The van der Waals surface area contributed by atoms with E-state index in [2.05, 4.69) is 4.98 Å². The second kappa shape index (κ2) is 5.14. The molecule has 0 saturated carbocycles. The van der Waals surface area contributed by atoms with Crippen molar-refractivity contribution in [3.05, 3.63) is 53.0 Å². The standard InChI is InChI=1S/C14H15FN2O/c1-9-4-3-5-12(14(9)15)18-13-7-6-11(8-16)10(2)17-13/h3-7H,8,16H2,1-2H3. The van der Waals surface area contributed by atoms with Crippen LogP contribution in [-0.4, -0.2) is 4.98 Å². The zero-order chi connectivity index (χ0) is 13.1.